The molecule has 0 aliphatic carbocycles. The molecule has 0 amide bonds. The number of methoxy groups -OCH3 is 2. The Hall–Kier alpha value is -3.26. The van der Waals surface area contributed by atoms with Crippen LogP contribution in [0.15, 0.2) is 59.1 Å². The summed E-state index contributed by atoms with van der Waals surface area (Å²) >= 11 is 3.54. The maximum absolute atomic E-state index is 13.2. The summed E-state index contributed by atoms with van der Waals surface area (Å²) in [5.74, 6) is 0.219. The molecular weight excluding hydrogens is 469 g/mol. The number of carboxylic acids is 1. The van der Waals surface area contributed by atoms with Crippen molar-refractivity contribution >= 4 is 27.6 Å². The predicted molar refractivity (Wildman–Crippen MR) is 119 cm³/mol. The average Bonchev–Trinajstić information content (AvgIpc) is 2.77. The van der Waals surface area contributed by atoms with Crippen LogP contribution in [0.2, 0.25) is 0 Å². The van der Waals surface area contributed by atoms with E-state index in [1.807, 2.05) is 6.07 Å². The highest BCUT2D eigenvalue weighted by molar-refractivity contribution is 9.10. The molecular formula is C23H21BrFNO5. The van der Waals surface area contributed by atoms with Crippen LogP contribution >= 0.6 is 15.9 Å². The Morgan fingerprint density at radius 1 is 1.03 bits per heavy atom. The second-order valence-electron chi connectivity index (χ2n) is 6.55. The molecule has 0 saturated carbocycles. The number of aromatic carboxylic acids is 1. The van der Waals surface area contributed by atoms with Crippen LogP contribution in [0.1, 0.15) is 21.5 Å². The van der Waals surface area contributed by atoms with Crippen LogP contribution in [0.3, 0.4) is 0 Å². The van der Waals surface area contributed by atoms with Gasteiger partial charge in [0.2, 0.25) is 0 Å². The van der Waals surface area contributed by atoms with Gasteiger partial charge in [-0.15, -0.1) is 0 Å². The highest BCUT2D eigenvalue weighted by atomic mass is 79.9. The van der Waals surface area contributed by atoms with Crippen molar-refractivity contribution < 1.29 is 28.5 Å². The Bertz CT molecular complexity index is 1070. The van der Waals surface area contributed by atoms with Crippen LogP contribution in [-0.4, -0.2) is 25.3 Å². The van der Waals surface area contributed by atoms with E-state index in [1.54, 1.807) is 31.4 Å². The lowest BCUT2D eigenvalue weighted by Crippen LogP contribution is -2.08. The Labute approximate surface area is 187 Å². The molecule has 2 N–H and O–H groups in total. The Morgan fingerprint density at radius 2 is 1.71 bits per heavy atom. The van der Waals surface area contributed by atoms with E-state index in [2.05, 4.69) is 21.2 Å². The fourth-order valence-corrected chi connectivity index (χ4v) is 3.42. The second-order valence-corrected chi connectivity index (χ2v) is 7.40. The molecule has 6 nitrogen and oxygen atoms in total. The van der Waals surface area contributed by atoms with Crippen molar-refractivity contribution in [3.8, 4) is 17.2 Å². The normalized spacial score (nSPS) is 10.5. The Morgan fingerprint density at radius 3 is 2.35 bits per heavy atom. The fourth-order valence-electron chi connectivity index (χ4n) is 2.96. The number of anilines is 1. The van der Waals surface area contributed by atoms with E-state index in [1.165, 1.54) is 31.4 Å². The zero-order valence-electron chi connectivity index (χ0n) is 16.9. The maximum Gasteiger partial charge on any atom is 0.335 e. The topological polar surface area (TPSA) is 77.0 Å². The van der Waals surface area contributed by atoms with Crippen LogP contribution < -0.4 is 19.5 Å². The van der Waals surface area contributed by atoms with Gasteiger partial charge < -0.3 is 24.6 Å². The van der Waals surface area contributed by atoms with Crippen LogP contribution in [0.5, 0.6) is 17.2 Å². The van der Waals surface area contributed by atoms with E-state index in [4.69, 9.17) is 14.2 Å². The highest BCUT2D eigenvalue weighted by Gasteiger charge is 2.16. The fraction of sp³-hybridized carbons (Fsp3) is 0.174. The predicted octanol–water partition coefficient (Wildman–Crippen LogP) is 5.49. The number of carbonyl (C=O) groups is 1. The van der Waals surface area contributed by atoms with Crippen molar-refractivity contribution in [2.75, 3.05) is 19.5 Å². The summed E-state index contributed by atoms with van der Waals surface area (Å²) in [6, 6.07) is 14.3. The van der Waals surface area contributed by atoms with Gasteiger partial charge in [0, 0.05) is 16.6 Å². The second kappa shape index (κ2) is 10.2. The molecule has 0 aromatic heterocycles. The molecule has 0 aliphatic heterocycles. The van der Waals surface area contributed by atoms with Gasteiger partial charge in [0.15, 0.2) is 11.5 Å². The van der Waals surface area contributed by atoms with Crippen LogP contribution in [0, 0.1) is 5.82 Å². The minimum atomic E-state index is -1.03. The number of hydrogen-bond acceptors (Lipinski definition) is 5. The Balaban J connectivity index is 1.88. The molecule has 0 unspecified atom stereocenters. The minimum Gasteiger partial charge on any atom is -0.495 e. The number of ether oxygens (including phenoxy) is 3. The molecule has 8 heteroatoms. The number of benzene rings is 3. The summed E-state index contributed by atoms with van der Waals surface area (Å²) in [6.45, 7) is 0.522. The molecule has 0 saturated heterocycles. The smallest absolute Gasteiger partial charge is 0.335 e. The Kier molecular flexibility index (Phi) is 7.36. The largest absolute Gasteiger partial charge is 0.495 e. The van der Waals surface area contributed by atoms with Crippen molar-refractivity contribution in [2.45, 2.75) is 13.2 Å². The van der Waals surface area contributed by atoms with E-state index in [-0.39, 0.29) is 18.0 Å². The first-order chi connectivity index (χ1) is 14.9. The molecule has 3 aromatic rings. The third-order valence-electron chi connectivity index (χ3n) is 4.59. The standard InChI is InChI=1S/C23H21BrFNO5/c1-29-20-9-5-15(23(27)28)11-19(20)26-12-17-18(24)8-10-21(30-2)22(17)31-13-14-3-6-16(25)7-4-14/h3-11,26H,12-13H2,1-2H3,(H,27,28). The van der Waals surface area contributed by atoms with Gasteiger partial charge in [-0.1, -0.05) is 28.1 Å². The molecule has 0 aliphatic rings. The molecule has 0 heterocycles. The van der Waals surface area contributed by atoms with Gasteiger partial charge in [-0.3, -0.25) is 0 Å². The third-order valence-corrected chi connectivity index (χ3v) is 5.33. The molecule has 0 radical (unpaired) electrons. The van der Waals surface area contributed by atoms with E-state index in [0.717, 1.165) is 15.6 Å². The van der Waals surface area contributed by atoms with Gasteiger partial charge in [-0.2, -0.15) is 0 Å². The van der Waals surface area contributed by atoms with Crippen LogP contribution in [-0.2, 0) is 13.2 Å². The highest BCUT2D eigenvalue weighted by Crippen LogP contribution is 2.38. The maximum atomic E-state index is 13.2. The van der Waals surface area contributed by atoms with Gasteiger partial charge in [-0.25, -0.2) is 9.18 Å². The molecule has 3 aromatic carbocycles. The molecule has 3 rings (SSSR count). The molecule has 162 valence electrons. The summed E-state index contributed by atoms with van der Waals surface area (Å²) in [5.41, 5.74) is 2.24. The molecule has 31 heavy (non-hydrogen) atoms. The van der Waals surface area contributed by atoms with Gasteiger partial charge in [0.05, 0.1) is 25.5 Å². The van der Waals surface area contributed by atoms with Gasteiger partial charge >= 0.3 is 5.97 Å². The zero-order chi connectivity index (χ0) is 22.4. The quantitative estimate of drug-likeness (QED) is 0.413. The van der Waals surface area contributed by atoms with E-state index < -0.39 is 5.97 Å². The lowest BCUT2D eigenvalue weighted by molar-refractivity contribution is 0.0697. The van der Waals surface area contributed by atoms with Crippen molar-refractivity contribution in [1.29, 1.82) is 0 Å². The number of nitrogens with one attached hydrogen (secondary N) is 1. The first-order valence-corrected chi connectivity index (χ1v) is 10.1. The summed E-state index contributed by atoms with van der Waals surface area (Å²) in [7, 11) is 3.06. The number of hydrogen-bond donors (Lipinski definition) is 2. The SMILES string of the molecule is COc1ccc(C(=O)O)cc1NCc1c(Br)ccc(OC)c1OCc1ccc(F)cc1. The summed E-state index contributed by atoms with van der Waals surface area (Å²) in [5, 5.41) is 12.5. The van der Waals surface area contributed by atoms with Crippen molar-refractivity contribution in [3.05, 3.63) is 81.6 Å². The van der Waals surface area contributed by atoms with Gasteiger partial charge in [0.25, 0.3) is 0 Å². The third kappa shape index (κ3) is 5.46. The molecule has 0 spiro atoms. The first-order valence-electron chi connectivity index (χ1n) is 9.30. The summed E-state index contributed by atoms with van der Waals surface area (Å²) in [6.07, 6.45) is 0. The molecule has 0 fully saturated rings. The lowest BCUT2D eigenvalue weighted by atomic mass is 10.1. The minimum absolute atomic E-state index is 0.140. The van der Waals surface area contributed by atoms with Crippen molar-refractivity contribution in [2.24, 2.45) is 0 Å². The monoisotopic (exact) mass is 489 g/mol. The number of carboxylic acid groups (broad SMARTS) is 1. The van der Waals surface area contributed by atoms with Crippen LogP contribution in [0.4, 0.5) is 10.1 Å². The molecule has 0 atom stereocenters. The first kappa shape index (κ1) is 22.4. The lowest BCUT2D eigenvalue weighted by Gasteiger charge is -2.18. The van der Waals surface area contributed by atoms with E-state index >= 15 is 0 Å². The van der Waals surface area contributed by atoms with Crippen molar-refractivity contribution in [1.82, 2.24) is 0 Å². The number of halogens is 2. The summed E-state index contributed by atoms with van der Waals surface area (Å²) in [4.78, 5) is 11.3. The number of rotatable bonds is 9. The zero-order valence-corrected chi connectivity index (χ0v) is 18.5. The summed E-state index contributed by atoms with van der Waals surface area (Å²) < 4.78 is 30.8. The average molecular weight is 490 g/mol. The van der Waals surface area contributed by atoms with E-state index in [0.29, 0.717) is 29.5 Å². The van der Waals surface area contributed by atoms with Crippen molar-refractivity contribution in [3.63, 3.8) is 0 Å². The van der Waals surface area contributed by atoms with Gasteiger partial charge in [0.1, 0.15) is 18.2 Å². The van der Waals surface area contributed by atoms with Gasteiger partial charge in [-0.05, 0) is 48.0 Å². The molecule has 0 bridgehead atoms. The van der Waals surface area contributed by atoms with E-state index in [9.17, 15) is 14.3 Å². The van der Waals surface area contributed by atoms with Crippen LogP contribution in [0.25, 0.3) is 0 Å².